The summed E-state index contributed by atoms with van der Waals surface area (Å²) in [5.74, 6) is 1.64. The van der Waals surface area contributed by atoms with Crippen LogP contribution in [0, 0.1) is 0 Å². The number of hydrogen-bond donors (Lipinski definition) is 1. The highest BCUT2D eigenvalue weighted by Gasteiger charge is 2.09. The van der Waals surface area contributed by atoms with Crippen molar-refractivity contribution in [3.63, 3.8) is 0 Å². The van der Waals surface area contributed by atoms with Crippen molar-refractivity contribution in [1.29, 1.82) is 0 Å². The van der Waals surface area contributed by atoms with Gasteiger partial charge in [-0.05, 0) is 44.0 Å². The van der Waals surface area contributed by atoms with Gasteiger partial charge in [-0.1, -0.05) is 19.9 Å². The van der Waals surface area contributed by atoms with E-state index in [4.69, 9.17) is 9.47 Å². The molecule has 0 bridgehead atoms. The van der Waals surface area contributed by atoms with Crippen molar-refractivity contribution in [2.75, 3.05) is 20.2 Å². The zero-order chi connectivity index (χ0) is 13.4. The van der Waals surface area contributed by atoms with Gasteiger partial charge in [0.15, 0.2) is 11.5 Å². The SMILES string of the molecule is CCCNCC(C)Oc1ccc(CC)cc1OC. The van der Waals surface area contributed by atoms with Crippen molar-refractivity contribution in [2.24, 2.45) is 0 Å². The van der Waals surface area contributed by atoms with E-state index in [1.165, 1.54) is 5.56 Å². The molecule has 102 valence electrons. The quantitative estimate of drug-likeness (QED) is 0.720. The second-order valence-corrected chi connectivity index (χ2v) is 4.47. The van der Waals surface area contributed by atoms with Gasteiger partial charge in [-0.2, -0.15) is 0 Å². The molecular formula is C15H25NO2. The average molecular weight is 251 g/mol. The van der Waals surface area contributed by atoms with E-state index in [9.17, 15) is 0 Å². The highest BCUT2D eigenvalue weighted by Crippen LogP contribution is 2.29. The Hall–Kier alpha value is -1.22. The summed E-state index contributed by atoms with van der Waals surface area (Å²) >= 11 is 0. The molecule has 0 aliphatic carbocycles. The van der Waals surface area contributed by atoms with E-state index in [-0.39, 0.29) is 6.10 Å². The Kier molecular flexibility index (Phi) is 6.58. The fourth-order valence-corrected chi connectivity index (χ4v) is 1.77. The number of ether oxygens (including phenoxy) is 2. The first-order valence-corrected chi connectivity index (χ1v) is 6.75. The summed E-state index contributed by atoms with van der Waals surface area (Å²) in [5.41, 5.74) is 1.26. The zero-order valence-corrected chi connectivity index (χ0v) is 12.0. The van der Waals surface area contributed by atoms with Gasteiger partial charge in [0.05, 0.1) is 7.11 Å². The van der Waals surface area contributed by atoms with Crippen LogP contribution in [0.3, 0.4) is 0 Å². The van der Waals surface area contributed by atoms with Crippen LogP contribution in [-0.4, -0.2) is 26.3 Å². The Balaban J connectivity index is 2.60. The van der Waals surface area contributed by atoms with Crippen molar-refractivity contribution in [1.82, 2.24) is 5.32 Å². The maximum absolute atomic E-state index is 5.89. The summed E-state index contributed by atoms with van der Waals surface area (Å²) < 4.78 is 11.3. The van der Waals surface area contributed by atoms with E-state index in [1.807, 2.05) is 12.1 Å². The van der Waals surface area contributed by atoms with Gasteiger partial charge in [0.2, 0.25) is 0 Å². The number of benzene rings is 1. The molecule has 1 rings (SSSR count). The van der Waals surface area contributed by atoms with Gasteiger partial charge in [0, 0.05) is 6.54 Å². The highest BCUT2D eigenvalue weighted by atomic mass is 16.5. The standard InChI is InChI=1S/C15H25NO2/c1-5-9-16-11-12(3)18-14-8-7-13(6-2)10-15(14)17-4/h7-8,10,12,16H,5-6,9,11H2,1-4H3. The maximum atomic E-state index is 5.89. The van der Waals surface area contributed by atoms with Gasteiger partial charge < -0.3 is 14.8 Å². The summed E-state index contributed by atoms with van der Waals surface area (Å²) in [6.07, 6.45) is 2.28. The predicted octanol–water partition coefficient (Wildman–Crippen LogP) is 3.02. The van der Waals surface area contributed by atoms with Crippen molar-refractivity contribution >= 4 is 0 Å². The Bertz CT molecular complexity index is 352. The van der Waals surface area contributed by atoms with Crippen LogP contribution in [-0.2, 0) is 6.42 Å². The van der Waals surface area contributed by atoms with Crippen molar-refractivity contribution < 1.29 is 9.47 Å². The lowest BCUT2D eigenvalue weighted by atomic mass is 10.1. The Morgan fingerprint density at radius 1 is 1.22 bits per heavy atom. The Morgan fingerprint density at radius 3 is 2.61 bits per heavy atom. The van der Waals surface area contributed by atoms with E-state index in [2.05, 4.69) is 32.2 Å². The molecule has 1 aromatic rings. The number of methoxy groups -OCH3 is 1. The highest BCUT2D eigenvalue weighted by molar-refractivity contribution is 5.43. The zero-order valence-electron chi connectivity index (χ0n) is 12.0. The van der Waals surface area contributed by atoms with E-state index in [0.29, 0.717) is 0 Å². The minimum atomic E-state index is 0.137. The summed E-state index contributed by atoms with van der Waals surface area (Å²) in [7, 11) is 1.68. The molecule has 0 amide bonds. The van der Waals surface area contributed by atoms with Gasteiger partial charge in [-0.25, -0.2) is 0 Å². The molecule has 0 spiro atoms. The Labute approximate surface area is 110 Å². The first kappa shape index (κ1) is 14.8. The number of hydrogen-bond acceptors (Lipinski definition) is 3. The molecular weight excluding hydrogens is 226 g/mol. The topological polar surface area (TPSA) is 30.5 Å². The summed E-state index contributed by atoms with van der Waals surface area (Å²) in [6, 6.07) is 6.12. The molecule has 0 fully saturated rings. The van der Waals surface area contributed by atoms with Crippen LogP contribution in [0.25, 0.3) is 0 Å². The fourth-order valence-electron chi connectivity index (χ4n) is 1.77. The van der Waals surface area contributed by atoms with Crippen molar-refractivity contribution in [2.45, 2.75) is 39.7 Å². The summed E-state index contributed by atoms with van der Waals surface area (Å²) in [6.45, 7) is 8.24. The fraction of sp³-hybridized carbons (Fsp3) is 0.600. The first-order chi connectivity index (χ1) is 8.71. The monoisotopic (exact) mass is 251 g/mol. The van der Waals surface area contributed by atoms with Crippen LogP contribution < -0.4 is 14.8 Å². The smallest absolute Gasteiger partial charge is 0.161 e. The van der Waals surface area contributed by atoms with Crippen molar-refractivity contribution in [3.05, 3.63) is 23.8 Å². The normalized spacial score (nSPS) is 12.2. The van der Waals surface area contributed by atoms with Gasteiger partial charge in [-0.3, -0.25) is 0 Å². The van der Waals surface area contributed by atoms with Crippen LogP contribution in [0.4, 0.5) is 0 Å². The van der Waals surface area contributed by atoms with Crippen LogP contribution in [0.1, 0.15) is 32.8 Å². The minimum Gasteiger partial charge on any atom is -0.493 e. The molecule has 3 nitrogen and oxygen atoms in total. The van der Waals surface area contributed by atoms with Crippen LogP contribution >= 0.6 is 0 Å². The minimum absolute atomic E-state index is 0.137. The third-order valence-corrected chi connectivity index (χ3v) is 2.82. The molecule has 1 N–H and O–H groups in total. The Morgan fingerprint density at radius 2 is 2.00 bits per heavy atom. The molecule has 1 atom stereocenters. The molecule has 0 radical (unpaired) electrons. The van der Waals surface area contributed by atoms with E-state index in [0.717, 1.165) is 37.4 Å². The second-order valence-electron chi connectivity index (χ2n) is 4.47. The maximum Gasteiger partial charge on any atom is 0.161 e. The van der Waals surface area contributed by atoms with Crippen LogP contribution in [0.15, 0.2) is 18.2 Å². The lowest BCUT2D eigenvalue weighted by molar-refractivity contribution is 0.208. The van der Waals surface area contributed by atoms with E-state index >= 15 is 0 Å². The lowest BCUT2D eigenvalue weighted by Crippen LogP contribution is -2.29. The van der Waals surface area contributed by atoms with Gasteiger partial charge in [0.25, 0.3) is 0 Å². The summed E-state index contributed by atoms with van der Waals surface area (Å²) in [4.78, 5) is 0. The molecule has 18 heavy (non-hydrogen) atoms. The van der Waals surface area contributed by atoms with Crippen LogP contribution in [0.2, 0.25) is 0 Å². The second kappa shape index (κ2) is 7.98. The predicted molar refractivity (Wildman–Crippen MR) is 75.6 cm³/mol. The third kappa shape index (κ3) is 4.57. The molecule has 1 unspecified atom stereocenters. The van der Waals surface area contributed by atoms with E-state index < -0.39 is 0 Å². The molecule has 0 saturated heterocycles. The molecule has 0 heterocycles. The van der Waals surface area contributed by atoms with Gasteiger partial charge in [-0.15, -0.1) is 0 Å². The molecule has 0 aliphatic heterocycles. The van der Waals surface area contributed by atoms with Crippen molar-refractivity contribution in [3.8, 4) is 11.5 Å². The van der Waals surface area contributed by atoms with Gasteiger partial charge >= 0.3 is 0 Å². The molecule has 1 aromatic carbocycles. The lowest BCUT2D eigenvalue weighted by Gasteiger charge is -2.17. The number of nitrogens with one attached hydrogen (secondary N) is 1. The van der Waals surface area contributed by atoms with Gasteiger partial charge in [0.1, 0.15) is 6.10 Å². The number of rotatable bonds is 8. The number of aryl methyl sites for hydroxylation is 1. The average Bonchev–Trinajstić information content (AvgIpc) is 2.39. The van der Waals surface area contributed by atoms with Crippen LogP contribution in [0.5, 0.6) is 11.5 Å². The molecule has 0 aromatic heterocycles. The van der Waals surface area contributed by atoms with E-state index in [1.54, 1.807) is 7.11 Å². The summed E-state index contributed by atoms with van der Waals surface area (Å²) in [5, 5.41) is 3.35. The first-order valence-electron chi connectivity index (χ1n) is 6.75. The third-order valence-electron chi connectivity index (χ3n) is 2.82. The molecule has 0 saturated carbocycles. The largest absolute Gasteiger partial charge is 0.493 e. The molecule has 3 heteroatoms. The molecule has 0 aliphatic rings.